The lowest BCUT2D eigenvalue weighted by Crippen LogP contribution is -2.46. The largest absolute Gasteiger partial charge is 0.345 e. The van der Waals surface area contributed by atoms with Crippen molar-refractivity contribution in [1.29, 1.82) is 0 Å². The molecule has 2 aliphatic rings. The van der Waals surface area contributed by atoms with E-state index in [4.69, 9.17) is 0 Å². The number of carbonyl (C=O) groups is 1. The Morgan fingerprint density at radius 1 is 1.42 bits per heavy atom. The smallest absolute Gasteiger partial charge is 0.261 e. The molecule has 2 heterocycles. The molecule has 104 valence electrons. The van der Waals surface area contributed by atoms with Crippen LogP contribution >= 0.6 is 11.3 Å². The molecule has 0 bridgehead atoms. The monoisotopic (exact) mass is 299 g/mol. The van der Waals surface area contributed by atoms with Gasteiger partial charge in [0.05, 0.1) is 21.9 Å². The summed E-state index contributed by atoms with van der Waals surface area (Å²) in [5, 5.41) is 2.91. The van der Waals surface area contributed by atoms with Gasteiger partial charge in [0.2, 0.25) is 0 Å². The molecule has 1 saturated heterocycles. The molecule has 0 aromatic carbocycles. The zero-order valence-electron chi connectivity index (χ0n) is 10.9. The van der Waals surface area contributed by atoms with Crippen LogP contribution in [0.2, 0.25) is 0 Å². The molecule has 1 amide bonds. The van der Waals surface area contributed by atoms with Crippen LogP contribution in [-0.2, 0) is 22.7 Å². The summed E-state index contributed by atoms with van der Waals surface area (Å²) < 4.78 is 23.1. The molecule has 0 spiro atoms. The number of carbonyl (C=O) groups excluding carboxylic acids is 1. The first-order valence-corrected chi connectivity index (χ1v) is 9.15. The van der Waals surface area contributed by atoms with Gasteiger partial charge in [-0.05, 0) is 44.2 Å². The average Bonchev–Trinajstić information content (AvgIpc) is 2.90. The van der Waals surface area contributed by atoms with E-state index in [1.54, 1.807) is 11.3 Å². The average molecular weight is 299 g/mol. The SMILES string of the molecule is C[C@@]1(NC(=O)c2cc3c(s2)CCC3)CCS(=O)(=O)C1. The number of thiophene rings is 1. The van der Waals surface area contributed by atoms with E-state index in [1.165, 1.54) is 16.9 Å². The number of hydrogen-bond acceptors (Lipinski definition) is 4. The standard InChI is InChI=1S/C13H17NO3S2/c1-13(5-6-19(16,17)8-13)14-12(15)11-7-9-3-2-4-10(9)18-11/h7H,2-6,8H2,1H3,(H,14,15)/t13-/m1/s1. The van der Waals surface area contributed by atoms with Gasteiger partial charge < -0.3 is 5.32 Å². The molecule has 19 heavy (non-hydrogen) atoms. The molecule has 0 radical (unpaired) electrons. The Hall–Kier alpha value is -0.880. The van der Waals surface area contributed by atoms with Crippen LogP contribution in [0.25, 0.3) is 0 Å². The van der Waals surface area contributed by atoms with E-state index in [0.29, 0.717) is 6.42 Å². The zero-order valence-corrected chi connectivity index (χ0v) is 12.5. The van der Waals surface area contributed by atoms with Crippen molar-refractivity contribution in [2.24, 2.45) is 0 Å². The fourth-order valence-electron chi connectivity index (χ4n) is 2.89. The maximum Gasteiger partial charge on any atom is 0.261 e. The highest BCUT2D eigenvalue weighted by Crippen LogP contribution is 2.31. The van der Waals surface area contributed by atoms with Gasteiger partial charge >= 0.3 is 0 Å². The molecule has 1 fully saturated rings. The molecule has 0 unspecified atom stereocenters. The van der Waals surface area contributed by atoms with E-state index in [1.807, 2.05) is 13.0 Å². The van der Waals surface area contributed by atoms with Gasteiger partial charge in [0.15, 0.2) is 9.84 Å². The minimum absolute atomic E-state index is 0.0524. The van der Waals surface area contributed by atoms with Crippen LogP contribution in [0.5, 0.6) is 0 Å². The van der Waals surface area contributed by atoms with Gasteiger partial charge in [0, 0.05) is 4.88 Å². The van der Waals surface area contributed by atoms with E-state index in [-0.39, 0.29) is 17.4 Å². The summed E-state index contributed by atoms with van der Waals surface area (Å²) in [6, 6.07) is 1.97. The minimum atomic E-state index is -2.99. The number of amides is 1. The van der Waals surface area contributed by atoms with Gasteiger partial charge in [-0.3, -0.25) is 4.79 Å². The van der Waals surface area contributed by atoms with Crippen LogP contribution < -0.4 is 5.32 Å². The molecule has 3 rings (SSSR count). The minimum Gasteiger partial charge on any atom is -0.345 e. The van der Waals surface area contributed by atoms with E-state index >= 15 is 0 Å². The Morgan fingerprint density at radius 2 is 2.21 bits per heavy atom. The van der Waals surface area contributed by atoms with Gasteiger partial charge in [-0.25, -0.2) is 8.42 Å². The summed E-state index contributed by atoms with van der Waals surface area (Å²) in [4.78, 5) is 14.3. The molecule has 1 aliphatic carbocycles. The van der Waals surface area contributed by atoms with Crippen LogP contribution in [0.4, 0.5) is 0 Å². The first-order chi connectivity index (χ1) is 8.87. The van der Waals surface area contributed by atoms with Crippen LogP contribution in [0, 0.1) is 0 Å². The predicted octanol–water partition coefficient (Wildman–Crippen LogP) is 1.54. The van der Waals surface area contributed by atoms with Gasteiger partial charge in [-0.1, -0.05) is 0 Å². The van der Waals surface area contributed by atoms with Gasteiger partial charge in [0.1, 0.15) is 0 Å². The predicted molar refractivity (Wildman–Crippen MR) is 75.5 cm³/mol. The highest BCUT2D eigenvalue weighted by Gasteiger charge is 2.39. The van der Waals surface area contributed by atoms with Gasteiger partial charge in [0.25, 0.3) is 5.91 Å². The summed E-state index contributed by atoms with van der Waals surface area (Å²) >= 11 is 1.55. The third-order valence-corrected chi connectivity index (χ3v) is 7.03. The Labute approximate surface area is 117 Å². The van der Waals surface area contributed by atoms with Crippen molar-refractivity contribution in [2.45, 2.75) is 38.1 Å². The molecule has 6 heteroatoms. The van der Waals surface area contributed by atoms with Crippen molar-refractivity contribution in [3.8, 4) is 0 Å². The van der Waals surface area contributed by atoms with E-state index in [9.17, 15) is 13.2 Å². The maximum absolute atomic E-state index is 12.2. The molecule has 0 saturated carbocycles. The summed E-state index contributed by atoms with van der Waals surface area (Å²) in [7, 11) is -2.99. The third-order valence-electron chi connectivity index (χ3n) is 3.89. The second-order valence-electron chi connectivity index (χ2n) is 5.77. The molecule has 1 atom stereocenters. The molecule has 1 N–H and O–H groups in total. The first-order valence-electron chi connectivity index (χ1n) is 6.51. The second-order valence-corrected chi connectivity index (χ2v) is 9.09. The van der Waals surface area contributed by atoms with Gasteiger partial charge in [-0.15, -0.1) is 11.3 Å². The molecular weight excluding hydrogens is 282 g/mol. The lowest BCUT2D eigenvalue weighted by atomic mass is 10.0. The van der Waals surface area contributed by atoms with Crippen molar-refractivity contribution in [1.82, 2.24) is 5.32 Å². The molecule has 1 aliphatic heterocycles. The third kappa shape index (κ3) is 2.56. The quantitative estimate of drug-likeness (QED) is 0.901. The lowest BCUT2D eigenvalue weighted by Gasteiger charge is -2.23. The fraction of sp³-hybridized carbons (Fsp3) is 0.615. The number of aryl methyl sites for hydroxylation is 2. The number of hydrogen-bond donors (Lipinski definition) is 1. The Kier molecular flexibility index (Phi) is 2.98. The van der Waals surface area contributed by atoms with Crippen LogP contribution in [0.3, 0.4) is 0 Å². The van der Waals surface area contributed by atoms with Gasteiger partial charge in [-0.2, -0.15) is 0 Å². The highest BCUT2D eigenvalue weighted by molar-refractivity contribution is 7.91. The molecular formula is C13H17NO3S2. The number of sulfone groups is 1. The van der Waals surface area contributed by atoms with E-state index < -0.39 is 15.4 Å². The second kappa shape index (κ2) is 4.31. The number of rotatable bonds is 2. The zero-order chi connectivity index (χ0) is 13.7. The molecule has 4 nitrogen and oxygen atoms in total. The van der Waals surface area contributed by atoms with Crippen molar-refractivity contribution >= 4 is 27.1 Å². The van der Waals surface area contributed by atoms with Crippen molar-refractivity contribution in [2.75, 3.05) is 11.5 Å². The Balaban J connectivity index is 1.74. The van der Waals surface area contributed by atoms with Crippen molar-refractivity contribution in [3.63, 3.8) is 0 Å². The topological polar surface area (TPSA) is 63.2 Å². The summed E-state index contributed by atoms with van der Waals surface area (Å²) in [5.74, 6) is 0.0978. The molecule has 1 aromatic rings. The van der Waals surface area contributed by atoms with E-state index in [0.717, 1.165) is 17.7 Å². The van der Waals surface area contributed by atoms with Crippen LogP contribution in [0.15, 0.2) is 6.07 Å². The summed E-state index contributed by atoms with van der Waals surface area (Å²) in [6.45, 7) is 1.82. The number of fused-ring (bicyclic) bond motifs is 1. The summed E-state index contributed by atoms with van der Waals surface area (Å²) in [6.07, 6.45) is 3.81. The fourth-order valence-corrected chi connectivity index (χ4v) is 6.13. The van der Waals surface area contributed by atoms with Crippen LogP contribution in [-0.4, -0.2) is 31.4 Å². The number of nitrogens with one attached hydrogen (secondary N) is 1. The lowest BCUT2D eigenvalue weighted by molar-refractivity contribution is 0.0919. The first kappa shape index (κ1) is 13.1. The molecule has 1 aromatic heterocycles. The van der Waals surface area contributed by atoms with Crippen LogP contribution in [0.1, 0.15) is 39.9 Å². The highest BCUT2D eigenvalue weighted by atomic mass is 32.2. The summed E-state index contributed by atoms with van der Waals surface area (Å²) in [5.41, 5.74) is 0.684. The van der Waals surface area contributed by atoms with Crippen molar-refractivity contribution in [3.05, 3.63) is 21.4 Å². The Morgan fingerprint density at radius 3 is 2.84 bits per heavy atom. The van der Waals surface area contributed by atoms with E-state index in [2.05, 4.69) is 5.32 Å². The Bertz CT molecular complexity index is 611. The normalized spacial score (nSPS) is 28.3. The van der Waals surface area contributed by atoms with Crippen molar-refractivity contribution < 1.29 is 13.2 Å². The maximum atomic E-state index is 12.2.